The van der Waals surface area contributed by atoms with Crippen molar-refractivity contribution in [2.75, 3.05) is 0 Å². The van der Waals surface area contributed by atoms with E-state index in [9.17, 15) is 4.79 Å². The van der Waals surface area contributed by atoms with Crippen molar-refractivity contribution in [2.24, 2.45) is 5.73 Å². The normalized spacial score (nSPS) is 20.8. The number of nitrogens with one attached hydrogen (secondary N) is 1. The van der Waals surface area contributed by atoms with E-state index in [1.165, 1.54) is 5.56 Å². The van der Waals surface area contributed by atoms with E-state index in [0.29, 0.717) is 11.3 Å². The molecule has 1 aromatic heterocycles. The Hall–Kier alpha value is -1.14. The molecule has 0 unspecified atom stereocenters. The molecule has 1 aromatic carbocycles. The molecule has 2 atom stereocenters. The number of hydrogen-bond donors (Lipinski definition) is 2. The van der Waals surface area contributed by atoms with Crippen molar-refractivity contribution >= 4 is 40.6 Å². The van der Waals surface area contributed by atoms with Gasteiger partial charge in [0.05, 0.1) is 12.1 Å². The van der Waals surface area contributed by atoms with Crippen LogP contribution in [0.3, 0.4) is 0 Å². The summed E-state index contributed by atoms with van der Waals surface area (Å²) in [6.07, 6.45) is 0.716. The van der Waals surface area contributed by atoms with Gasteiger partial charge in [0.25, 0.3) is 5.91 Å². The van der Waals surface area contributed by atoms with Gasteiger partial charge in [-0.3, -0.25) is 4.79 Å². The summed E-state index contributed by atoms with van der Waals surface area (Å²) in [5.41, 5.74) is 8.41. The van der Waals surface area contributed by atoms with Gasteiger partial charge in [-0.1, -0.05) is 47.5 Å². The first-order valence-electron chi connectivity index (χ1n) is 6.03. The van der Waals surface area contributed by atoms with E-state index in [-0.39, 0.29) is 28.2 Å². The zero-order chi connectivity index (χ0) is 14.3. The highest BCUT2D eigenvalue weighted by atomic mass is 35.5. The maximum absolute atomic E-state index is 12.2. The van der Waals surface area contributed by atoms with Crippen molar-refractivity contribution in [1.82, 2.24) is 9.69 Å². The molecule has 7 heteroatoms. The van der Waals surface area contributed by atoms with Crippen molar-refractivity contribution < 1.29 is 4.79 Å². The molecule has 20 heavy (non-hydrogen) atoms. The predicted octanol–water partition coefficient (Wildman–Crippen LogP) is 2.80. The van der Waals surface area contributed by atoms with Gasteiger partial charge in [0.15, 0.2) is 5.15 Å². The zero-order valence-corrected chi connectivity index (χ0v) is 12.6. The second-order valence-corrected chi connectivity index (χ2v) is 6.13. The first kappa shape index (κ1) is 13.8. The zero-order valence-electron chi connectivity index (χ0n) is 10.3. The van der Waals surface area contributed by atoms with Gasteiger partial charge in [-0.25, -0.2) is 0 Å². The van der Waals surface area contributed by atoms with E-state index in [0.717, 1.165) is 17.1 Å². The molecular formula is C13H11Cl2N3OS. The highest BCUT2D eigenvalue weighted by molar-refractivity contribution is 7.09. The molecule has 1 heterocycles. The number of rotatable bonds is 2. The quantitative estimate of drug-likeness (QED) is 0.891. The van der Waals surface area contributed by atoms with E-state index in [2.05, 4.69) is 9.69 Å². The van der Waals surface area contributed by atoms with Crippen LogP contribution in [0, 0.1) is 0 Å². The van der Waals surface area contributed by atoms with Crippen LogP contribution >= 0.6 is 34.7 Å². The first-order chi connectivity index (χ1) is 9.58. The van der Waals surface area contributed by atoms with Crippen LogP contribution in [0.25, 0.3) is 0 Å². The third-order valence-corrected chi connectivity index (χ3v) is 5.20. The van der Waals surface area contributed by atoms with Crippen LogP contribution in [0.15, 0.2) is 24.3 Å². The summed E-state index contributed by atoms with van der Waals surface area (Å²) < 4.78 is 3.85. The maximum atomic E-state index is 12.2. The summed E-state index contributed by atoms with van der Waals surface area (Å²) in [5, 5.41) is 3.26. The molecule has 3 N–H and O–H groups in total. The number of benzene rings is 1. The van der Waals surface area contributed by atoms with Crippen LogP contribution in [-0.2, 0) is 6.42 Å². The van der Waals surface area contributed by atoms with Gasteiger partial charge in [-0.05, 0) is 29.1 Å². The molecule has 0 aliphatic heterocycles. The van der Waals surface area contributed by atoms with Crippen LogP contribution in [0.4, 0.5) is 0 Å². The van der Waals surface area contributed by atoms with Crippen LogP contribution in [-0.4, -0.2) is 16.3 Å². The van der Waals surface area contributed by atoms with Crippen molar-refractivity contribution in [1.29, 1.82) is 0 Å². The van der Waals surface area contributed by atoms with Gasteiger partial charge < -0.3 is 11.1 Å². The van der Waals surface area contributed by atoms with Crippen LogP contribution < -0.4 is 11.1 Å². The number of halogens is 2. The van der Waals surface area contributed by atoms with Gasteiger partial charge in [-0.15, -0.1) is 0 Å². The lowest BCUT2D eigenvalue weighted by Gasteiger charge is -2.17. The Kier molecular flexibility index (Phi) is 3.69. The molecule has 3 rings (SSSR count). The van der Waals surface area contributed by atoms with Gasteiger partial charge in [0, 0.05) is 0 Å². The number of nitrogens with two attached hydrogens (primary N) is 1. The summed E-state index contributed by atoms with van der Waals surface area (Å²) in [6, 6.07) is 7.58. The Labute approximate surface area is 130 Å². The predicted molar refractivity (Wildman–Crippen MR) is 80.5 cm³/mol. The molecule has 0 bridgehead atoms. The summed E-state index contributed by atoms with van der Waals surface area (Å²) in [7, 11) is 0. The lowest BCUT2D eigenvalue weighted by Crippen LogP contribution is -2.40. The monoisotopic (exact) mass is 327 g/mol. The second-order valence-electron chi connectivity index (χ2n) is 4.63. The van der Waals surface area contributed by atoms with Crippen molar-refractivity contribution in [3.63, 3.8) is 0 Å². The van der Waals surface area contributed by atoms with Gasteiger partial charge in [0.2, 0.25) is 0 Å². The average Bonchev–Trinajstić information content (AvgIpc) is 2.93. The standard InChI is InChI=1S/C13H11Cl2N3OS/c14-9-11(20-18-12(9)15)13(19)17-8-5-6-3-1-2-4-7(6)10(8)16/h1-4,8,10H,5,16H2,(H,17,19)/t8-,10-/m1/s1. The number of nitrogens with zero attached hydrogens (tertiary/aromatic N) is 1. The Morgan fingerprint density at radius 2 is 2.15 bits per heavy atom. The Balaban J connectivity index is 1.77. The SMILES string of the molecule is N[C@@H]1c2ccccc2C[C@H]1NC(=O)c1snc(Cl)c1Cl. The second kappa shape index (κ2) is 5.33. The first-order valence-corrected chi connectivity index (χ1v) is 7.55. The van der Waals surface area contributed by atoms with E-state index in [4.69, 9.17) is 28.9 Å². The highest BCUT2D eigenvalue weighted by Crippen LogP contribution is 2.31. The lowest BCUT2D eigenvalue weighted by molar-refractivity contribution is 0.0937. The fourth-order valence-corrected chi connectivity index (χ4v) is 3.52. The molecule has 1 aliphatic carbocycles. The number of carbonyl (C=O) groups is 1. The minimum Gasteiger partial charge on any atom is -0.346 e. The smallest absolute Gasteiger partial charge is 0.264 e. The van der Waals surface area contributed by atoms with Gasteiger partial charge in [0.1, 0.15) is 9.90 Å². The molecule has 0 fully saturated rings. The number of carbonyl (C=O) groups excluding carboxylic acids is 1. The van der Waals surface area contributed by atoms with Crippen LogP contribution in [0.5, 0.6) is 0 Å². The van der Waals surface area contributed by atoms with Crippen molar-refractivity contribution in [2.45, 2.75) is 18.5 Å². The number of hydrogen-bond acceptors (Lipinski definition) is 4. The number of amides is 1. The summed E-state index contributed by atoms with van der Waals surface area (Å²) >= 11 is 12.7. The fraction of sp³-hybridized carbons (Fsp3) is 0.231. The van der Waals surface area contributed by atoms with Crippen LogP contribution in [0.2, 0.25) is 10.2 Å². The molecule has 4 nitrogen and oxygen atoms in total. The third kappa shape index (κ3) is 2.31. The minimum absolute atomic E-state index is 0.142. The van der Waals surface area contributed by atoms with Crippen molar-refractivity contribution in [3.8, 4) is 0 Å². The highest BCUT2D eigenvalue weighted by Gasteiger charge is 2.31. The van der Waals surface area contributed by atoms with Crippen LogP contribution in [0.1, 0.15) is 26.8 Å². The van der Waals surface area contributed by atoms with E-state index >= 15 is 0 Å². The molecule has 0 saturated heterocycles. The van der Waals surface area contributed by atoms with E-state index in [1.807, 2.05) is 24.3 Å². The van der Waals surface area contributed by atoms with Crippen molar-refractivity contribution in [3.05, 3.63) is 50.4 Å². The Morgan fingerprint density at radius 3 is 2.80 bits per heavy atom. The molecule has 0 spiro atoms. The molecule has 0 radical (unpaired) electrons. The third-order valence-electron chi connectivity index (χ3n) is 3.41. The molecular weight excluding hydrogens is 317 g/mol. The van der Waals surface area contributed by atoms with Gasteiger partial charge >= 0.3 is 0 Å². The fourth-order valence-electron chi connectivity index (χ4n) is 2.40. The maximum Gasteiger partial charge on any atom is 0.264 e. The molecule has 2 aromatic rings. The van der Waals surface area contributed by atoms with E-state index in [1.54, 1.807) is 0 Å². The minimum atomic E-state index is -0.285. The Morgan fingerprint density at radius 1 is 1.40 bits per heavy atom. The molecule has 0 saturated carbocycles. The average molecular weight is 328 g/mol. The molecule has 1 amide bonds. The summed E-state index contributed by atoms with van der Waals surface area (Å²) in [6.45, 7) is 0. The Bertz CT molecular complexity index is 673. The molecule has 1 aliphatic rings. The van der Waals surface area contributed by atoms with Gasteiger partial charge in [-0.2, -0.15) is 4.37 Å². The number of aromatic nitrogens is 1. The lowest BCUT2D eigenvalue weighted by atomic mass is 10.1. The largest absolute Gasteiger partial charge is 0.346 e. The van der Waals surface area contributed by atoms with E-state index < -0.39 is 0 Å². The summed E-state index contributed by atoms with van der Waals surface area (Å²) in [5.74, 6) is -0.285. The molecule has 104 valence electrons. The topological polar surface area (TPSA) is 68.0 Å². The number of fused-ring (bicyclic) bond motifs is 1. The summed E-state index contributed by atoms with van der Waals surface area (Å²) in [4.78, 5) is 12.5.